The predicted octanol–water partition coefficient (Wildman–Crippen LogP) is 3.40. The van der Waals surface area contributed by atoms with E-state index in [1.165, 1.54) is 6.92 Å². The van der Waals surface area contributed by atoms with Crippen molar-refractivity contribution in [3.05, 3.63) is 34.5 Å². The van der Waals surface area contributed by atoms with Gasteiger partial charge in [0.05, 0.1) is 11.8 Å². The summed E-state index contributed by atoms with van der Waals surface area (Å²) in [7, 11) is 0. The topological polar surface area (TPSA) is 30.2 Å². The zero-order valence-electron chi connectivity index (χ0n) is 7.00. The van der Waals surface area contributed by atoms with Gasteiger partial charge in [-0.1, -0.05) is 15.9 Å². The summed E-state index contributed by atoms with van der Waals surface area (Å²) in [5.41, 5.74) is 1.28. The molecular formula is C10H7BrO2. The number of carbonyl (C=O) groups excluding carboxylic acids is 1. The fourth-order valence-electron chi connectivity index (χ4n) is 1.31. The third kappa shape index (κ3) is 1.40. The molecule has 0 saturated carbocycles. The first-order valence-electron chi connectivity index (χ1n) is 3.86. The molecule has 13 heavy (non-hydrogen) atoms. The number of halogens is 1. The average molecular weight is 239 g/mol. The van der Waals surface area contributed by atoms with E-state index in [4.69, 9.17) is 4.42 Å². The maximum absolute atomic E-state index is 11.2. The Morgan fingerprint density at radius 1 is 1.46 bits per heavy atom. The maximum atomic E-state index is 11.2. The van der Waals surface area contributed by atoms with Crippen LogP contribution in [0, 0.1) is 0 Å². The minimum Gasteiger partial charge on any atom is -0.464 e. The summed E-state index contributed by atoms with van der Waals surface area (Å²) in [4.78, 5) is 11.2. The van der Waals surface area contributed by atoms with Crippen molar-refractivity contribution in [3.63, 3.8) is 0 Å². The van der Waals surface area contributed by atoms with Gasteiger partial charge >= 0.3 is 0 Å². The number of ketones is 1. The second-order valence-electron chi connectivity index (χ2n) is 2.85. The normalized spacial score (nSPS) is 10.6. The van der Waals surface area contributed by atoms with Gasteiger partial charge in [0.1, 0.15) is 5.58 Å². The van der Waals surface area contributed by atoms with E-state index in [0.717, 1.165) is 9.86 Å². The Morgan fingerprint density at radius 2 is 2.23 bits per heavy atom. The van der Waals surface area contributed by atoms with Gasteiger partial charge in [0.15, 0.2) is 5.78 Å². The number of benzene rings is 1. The van der Waals surface area contributed by atoms with Crippen molar-refractivity contribution >= 4 is 32.7 Å². The molecule has 0 spiro atoms. The summed E-state index contributed by atoms with van der Waals surface area (Å²) in [6.07, 6.45) is 1.59. The summed E-state index contributed by atoms with van der Waals surface area (Å²) in [6, 6.07) is 5.53. The molecule has 66 valence electrons. The molecule has 0 amide bonds. The lowest BCUT2D eigenvalue weighted by molar-refractivity contribution is 0.101. The molecular weight excluding hydrogens is 232 g/mol. The molecule has 0 radical (unpaired) electrons. The molecule has 1 heterocycles. The Balaban J connectivity index is 2.84. The molecule has 2 aromatic rings. The van der Waals surface area contributed by atoms with Gasteiger partial charge in [-0.05, 0) is 25.1 Å². The van der Waals surface area contributed by atoms with E-state index in [0.29, 0.717) is 11.1 Å². The van der Waals surface area contributed by atoms with E-state index in [-0.39, 0.29) is 5.78 Å². The molecule has 2 nitrogen and oxygen atoms in total. The van der Waals surface area contributed by atoms with Gasteiger partial charge in [-0.3, -0.25) is 4.79 Å². The molecule has 2 rings (SSSR count). The van der Waals surface area contributed by atoms with Crippen molar-refractivity contribution in [3.8, 4) is 0 Å². The van der Waals surface area contributed by atoms with Crippen molar-refractivity contribution in [2.24, 2.45) is 0 Å². The summed E-state index contributed by atoms with van der Waals surface area (Å²) in [5.74, 6) is 0.0150. The minimum atomic E-state index is 0.0150. The zero-order chi connectivity index (χ0) is 9.42. The van der Waals surface area contributed by atoms with Gasteiger partial charge in [-0.25, -0.2) is 0 Å². The number of fused-ring (bicyclic) bond motifs is 1. The third-order valence-electron chi connectivity index (χ3n) is 1.90. The standard InChI is InChI=1S/C10H7BrO2/c1-6(12)9-5-8(11)4-7-2-3-13-10(7)9/h2-5H,1H3. The second-order valence-corrected chi connectivity index (χ2v) is 3.76. The maximum Gasteiger partial charge on any atom is 0.163 e. The van der Waals surface area contributed by atoms with Crippen LogP contribution in [0.3, 0.4) is 0 Å². The van der Waals surface area contributed by atoms with E-state index in [9.17, 15) is 4.79 Å². The van der Waals surface area contributed by atoms with Crippen molar-refractivity contribution in [1.29, 1.82) is 0 Å². The third-order valence-corrected chi connectivity index (χ3v) is 2.35. The molecule has 0 aliphatic rings. The van der Waals surface area contributed by atoms with Crippen LogP contribution in [0.2, 0.25) is 0 Å². The lowest BCUT2D eigenvalue weighted by Gasteiger charge is -1.98. The first-order valence-corrected chi connectivity index (χ1v) is 4.65. The van der Waals surface area contributed by atoms with Gasteiger partial charge < -0.3 is 4.42 Å². The monoisotopic (exact) mass is 238 g/mol. The number of rotatable bonds is 1. The molecule has 0 saturated heterocycles. The van der Waals surface area contributed by atoms with Crippen molar-refractivity contribution in [2.45, 2.75) is 6.92 Å². The SMILES string of the molecule is CC(=O)c1cc(Br)cc2ccoc12. The Morgan fingerprint density at radius 3 is 2.92 bits per heavy atom. The Hall–Kier alpha value is -1.09. The van der Waals surface area contributed by atoms with Gasteiger partial charge in [-0.2, -0.15) is 0 Å². The molecule has 0 atom stereocenters. The fourth-order valence-corrected chi connectivity index (χ4v) is 1.78. The van der Waals surface area contributed by atoms with E-state index in [1.54, 1.807) is 12.3 Å². The highest BCUT2D eigenvalue weighted by Crippen LogP contribution is 2.25. The first kappa shape index (κ1) is 8.51. The molecule has 0 bridgehead atoms. The smallest absolute Gasteiger partial charge is 0.163 e. The van der Waals surface area contributed by atoms with Gasteiger partial charge in [0.25, 0.3) is 0 Å². The van der Waals surface area contributed by atoms with Crippen LogP contribution in [0.15, 0.2) is 33.4 Å². The fraction of sp³-hybridized carbons (Fsp3) is 0.100. The van der Waals surface area contributed by atoms with Crippen LogP contribution < -0.4 is 0 Å². The summed E-state index contributed by atoms with van der Waals surface area (Å²) < 4.78 is 6.12. The molecule has 0 unspecified atom stereocenters. The van der Waals surface area contributed by atoms with Crippen LogP contribution in [0.4, 0.5) is 0 Å². The number of Topliss-reactive ketones (excluding diaryl/α,β-unsaturated/α-hetero) is 1. The van der Waals surface area contributed by atoms with E-state index in [2.05, 4.69) is 15.9 Å². The number of hydrogen-bond acceptors (Lipinski definition) is 2. The van der Waals surface area contributed by atoms with Crippen LogP contribution in [0.1, 0.15) is 17.3 Å². The van der Waals surface area contributed by atoms with Gasteiger partial charge in [0.2, 0.25) is 0 Å². The largest absolute Gasteiger partial charge is 0.464 e. The lowest BCUT2D eigenvalue weighted by atomic mass is 10.1. The number of carbonyl (C=O) groups is 1. The van der Waals surface area contributed by atoms with Crippen molar-refractivity contribution in [1.82, 2.24) is 0 Å². The summed E-state index contributed by atoms with van der Waals surface area (Å²) in [5, 5.41) is 0.944. The van der Waals surface area contributed by atoms with E-state index in [1.807, 2.05) is 12.1 Å². The molecule has 3 heteroatoms. The Labute approximate surface area is 83.7 Å². The minimum absolute atomic E-state index is 0.0150. The Kier molecular flexibility index (Phi) is 1.96. The van der Waals surface area contributed by atoms with E-state index < -0.39 is 0 Å². The molecule has 1 aromatic carbocycles. The van der Waals surface area contributed by atoms with Crippen LogP contribution >= 0.6 is 15.9 Å². The summed E-state index contributed by atoms with van der Waals surface area (Å²) in [6.45, 7) is 1.53. The highest BCUT2D eigenvalue weighted by atomic mass is 79.9. The zero-order valence-corrected chi connectivity index (χ0v) is 8.59. The lowest BCUT2D eigenvalue weighted by Crippen LogP contribution is -1.91. The molecule has 0 aliphatic heterocycles. The van der Waals surface area contributed by atoms with E-state index >= 15 is 0 Å². The predicted molar refractivity (Wildman–Crippen MR) is 53.9 cm³/mol. The Bertz CT molecular complexity index is 471. The molecule has 1 aromatic heterocycles. The van der Waals surface area contributed by atoms with Gasteiger partial charge in [0, 0.05) is 9.86 Å². The van der Waals surface area contributed by atoms with Crippen LogP contribution in [0.5, 0.6) is 0 Å². The highest BCUT2D eigenvalue weighted by molar-refractivity contribution is 9.10. The van der Waals surface area contributed by atoms with Crippen molar-refractivity contribution in [2.75, 3.05) is 0 Å². The number of furan rings is 1. The van der Waals surface area contributed by atoms with Crippen LogP contribution in [-0.2, 0) is 0 Å². The summed E-state index contributed by atoms with van der Waals surface area (Å²) >= 11 is 3.34. The molecule has 0 N–H and O–H groups in total. The van der Waals surface area contributed by atoms with Crippen LogP contribution in [0.25, 0.3) is 11.0 Å². The molecule has 0 aliphatic carbocycles. The first-order chi connectivity index (χ1) is 6.18. The van der Waals surface area contributed by atoms with Crippen molar-refractivity contribution < 1.29 is 9.21 Å². The average Bonchev–Trinajstić information content (AvgIpc) is 2.49. The highest BCUT2D eigenvalue weighted by Gasteiger charge is 2.09. The van der Waals surface area contributed by atoms with Gasteiger partial charge in [-0.15, -0.1) is 0 Å². The quantitative estimate of drug-likeness (QED) is 0.714. The second kappa shape index (κ2) is 3.00. The number of hydrogen-bond donors (Lipinski definition) is 0. The van der Waals surface area contributed by atoms with Crippen LogP contribution in [-0.4, -0.2) is 5.78 Å². The molecule has 0 fully saturated rings.